The van der Waals surface area contributed by atoms with Gasteiger partial charge in [0.1, 0.15) is 18.4 Å². The van der Waals surface area contributed by atoms with Crippen molar-refractivity contribution in [3.8, 4) is 5.75 Å². The zero-order valence-electron chi connectivity index (χ0n) is 18.8. The number of hydrogen-bond acceptors (Lipinski definition) is 9. The lowest BCUT2D eigenvalue weighted by molar-refractivity contribution is -0.238. The molecule has 0 bridgehead atoms. The lowest BCUT2D eigenvalue weighted by atomic mass is 10.0. The fourth-order valence-electron chi connectivity index (χ4n) is 3.68. The number of benzene rings is 1. The Labute approximate surface area is 200 Å². The van der Waals surface area contributed by atoms with E-state index in [0.717, 1.165) is 22.6 Å². The summed E-state index contributed by atoms with van der Waals surface area (Å²) in [6, 6.07) is 5.04. The molecular formula is C23H28N2O10. The van der Waals surface area contributed by atoms with Crippen molar-refractivity contribution in [1.29, 1.82) is 0 Å². The molecule has 0 spiro atoms. The Morgan fingerprint density at radius 3 is 2.51 bits per heavy atom. The third kappa shape index (κ3) is 6.85. The number of rotatable bonds is 11. The first-order chi connectivity index (χ1) is 16.7. The molecule has 1 unspecified atom stereocenters. The molecule has 1 aromatic rings. The number of aryl methyl sites for hydroxylation is 1. The first kappa shape index (κ1) is 26.3. The van der Waals surface area contributed by atoms with Gasteiger partial charge in [0, 0.05) is 30.7 Å². The van der Waals surface area contributed by atoms with Crippen LogP contribution in [-0.2, 0) is 36.9 Å². The quantitative estimate of drug-likeness (QED) is 0.187. The Hall–Kier alpha value is -3.32. The molecular weight excluding hydrogens is 464 g/mol. The van der Waals surface area contributed by atoms with Crippen LogP contribution >= 0.6 is 0 Å². The van der Waals surface area contributed by atoms with Gasteiger partial charge in [-0.05, 0) is 30.9 Å². The second-order valence-electron chi connectivity index (χ2n) is 8.25. The maximum Gasteiger partial charge on any atom is 0.333 e. The van der Waals surface area contributed by atoms with Crippen LogP contribution < -0.4 is 10.1 Å². The highest BCUT2D eigenvalue weighted by Gasteiger charge is 2.41. The minimum absolute atomic E-state index is 0.189. The van der Waals surface area contributed by atoms with Gasteiger partial charge < -0.3 is 35.2 Å². The Morgan fingerprint density at radius 1 is 1.14 bits per heavy atom. The van der Waals surface area contributed by atoms with Crippen molar-refractivity contribution in [3.63, 3.8) is 0 Å². The van der Waals surface area contributed by atoms with Gasteiger partial charge in [0.2, 0.25) is 12.2 Å². The summed E-state index contributed by atoms with van der Waals surface area (Å²) in [5.74, 6) is -2.58. The van der Waals surface area contributed by atoms with Gasteiger partial charge in [-0.3, -0.25) is 19.3 Å². The Balaban J connectivity index is 1.49. The summed E-state index contributed by atoms with van der Waals surface area (Å²) in [6.07, 6.45) is -1.76. The lowest BCUT2D eigenvalue weighted by Crippen LogP contribution is -2.52. The highest BCUT2D eigenvalue weighted by molar-refractivity contribution is 6.14. The number of carbonyl (C=O) groups excluding carboxylic acids is 3. The molecule has 190 valence electrons. The summed E-state index contributed by atoms with van der Waals surface area (Å²) < 4.78 is 10.9. The van der Waals surface area contributed by atoms with Gasteiger partial charge in [0.15, 0.2) is 6.10 Å². The first-order valence-electron chi connectivity index (χ1n) is 11.1. The van der Waals surface area contributed by atoms with Crippen molar-refractivity contribution >= 4 is 23.7 Å². The summed E-state index contributed by atoms with van der Waals surface area (Å²) in [5.41, 5.74) is 1.22. The monoisotopic (exact) mass is 492 g/mol. The molecule has 1 aromatic carbocycles. The lowest BCUT2D eigenvalue weighted by Gasteiger charge is -2.35. The maximum absolute atomic E-state index is 11.9. The number of carboxylic acids is 1. The van der Waals surface area contributed by atoms with Crippen LogP contribution in [-0.4, -0.2) is 86.7 Å². The fraction of sp³-hybridized carbons (Fsp3) is 0.478. The average molecular weight is 492 g/mol. The highest BCUT2D eigenvalue weighted by atomic mass is 16.7. The molecule has 3 rings (SSSR count). The van der Waals surface area contributed by atoms with E-state index >= 15 is 0 Å². The van der Waals surface area contributed by atoms with Crippen molar-refractivity contribution in [2.24, 2.45) is 0 Å². The standard InChI is InChI=1S/C23H28N2O10/c26-12-14-5-4-13(3-1-2-8-24-18(28)11-25-19(29)6-7-20(25)30)9-16(14)34-23-21(31)15(27)10-17(35-23)22(32)33/h4-7,9,15,17,21,23,26-27,31H,1-3,8,10-12H2,(H,24,28)(H,32,33)/t15-,17-,21+,23?/m0/s1. The van der Waals surface area contributed by atoms with Gasteiger partial charge in [0.05, 0.1) is 12.7 Å². The van der Waals surface area contributed by atoms with Crippen LogP contribution in [0.4, 0.5) is 0 Å². The number of hydrogen-bond donors (Lipinski definition) is 5. The van der Waals surface area contributed by atoms with Crippen LogP contribution in [0.25, 0.3) is 0 Å². The van der Waals surface area contributed by atoms with Crippen molar-refractivity contribution in [2.45, 2.75) is 56.9 Å². The molecule has 2 heterocycles. The zero-order valence-corrected chi connectivity index (χ0v) is 18.8. The summed E-state index contributed by atoms with van der Waals surface area (Å²) in [6.45, 7) is -0.357. The van der Waals surface area contributed by atoms with Crippen LogP contribution in [0.2, 0.25) is 0 Å². The van der Waals surface area contributed by atoms with E-state index in [9.17, 15) is 34.5 Å². The summed E-state index contributed by atoms with van der Waals surface area (Å²) in [7, 11) is 0. The Kier molecular flexibility index (Phi) is 8.93. The van der Waals surface area contributed by atoms with E-state index in [1.807, 2.05) is 0 Å². The summed E-state index contributed by atoms with van der Waals surface area (Å²) in [5, 5.41) is 41.5. The number of ether oxygens (including phenoxy) is 2. The fourth-order valence-corrected chi connectivity index (χ4v) is 3.68. The molecule has 0 aromatic heterocycles. The van der Waals surface area contributed by atoms with Crippen LogP contribution in [0.15, 0.2) is 30.4 Å². The predicted octanol–water partition coefficient (Wildman–Crippen LogP) is -1.16. The highest BCUT2D eigenvalue weighted by Crippen LogP contribution is 2.28. The molecule has 12 nitrogen and oxygen atoms in total. The van der Waals surface area contributed by atoms with Gasteiger partial charge >= 0.3 is 5.97 Å². The average Bonchev–Trinajstić information content (AvgIpc) is 3.13. The number of aliphatic hydroxyl groups excluding tert-OH is 3. The van der Waals surface area contributed by atoms with E-state index in [0.29, 0.717) is 31.4 Å². The molecule has 2 aliphatic heterocycles. The van der Waals surface area contributed by atoms with Gasteiger partial charge in [-0.1, -0.05) is 12.1 Å². The molecule has 2 aliphatic rings. The normalized spacial score (nSPS) is 24.0. The van der Waals surface area contributed by atoms with Crippen molar-refractivity contribution in [2.75, 3.05) is 13.1 Å². The molecule has 3 amide bonds. The molecule has 1 fully saturated rings. The molecule has 5 N–H and O–H groups in total. The number of carboxylic acid groups (broad SMARTS) is 1. The summed E-state index contributed by atoms with van der Waals surface area (Å²) in [4.78, 5) is 47.0. The van der Waals surface area contributed by atoms with Crippen molar-refractivity contribution in [1.82, 2.24) is 10.2 Å². The van der Waals surface area contributed by atoms with E-state index in [4.69, 9.17) is 14.6 Å². The SMILES string of the molecule is O=C(CN1C(=O)C=CC1=O)NCCCCc1ccc(CO)c(OC2O[C@H](C(=O)O)C[C@H](O)[C@H]2O)c1. The van der Waals surface area contributed by atoms with Crippen molar-refractivity contribution < 1.29 is 49.1 Å². The van der Waals surface area contributed by atoms with Gasteiger partial charge in [0.25, 0.3) is 11.8 Å². The Bertz CT molecular complexity index is 977. The molecule has 0 aliphatic carbocycles. The van der Waals surface area contributed by atoms with Gasteiger partial charge in [-0.15, -0.1) is 0 Å². The number of unbranched alkanes of at least 4 members (excludes halogenated alkanes) is 1. The van der Waals surface area contributed by atoms with Crippen LogP contribution in [0, 0.1) is 0 Å². The number of carbonyl (C=O) groups is 4. The maximum atomic E-state index is 11.9. The number of nitrogens with one attached hydrogen (secondary N) is 1. The van der Waals surface area contributed by atoms with Crippen LogP contribution in [0.3, 0.4) is 0 Å². The van der Waals surface area contributed by atoms with E-state index in [1.165, 1.54) is 0 Å². The van der Waals surface area contributed by atoms with Gasteiger partial charge in [-0.25, -0.2) is 4.79 Å². The van der Waals surface area contributed by atoms with E-state index < -0.39 is 48.3 Å². The predicted molar refractivity (Wildman–Crippen MR) is 118 cm³/mol. The molecule has 0 saturated carbocycles. The molecule has 0 radical (unpaired) electrons. The number of nitrogens with zero attached hydrogens (tertiary/aromatic N) is 1. The van der Waals surface area contributed by atoms with Crippen LogP contribution in [0.5, 0.6) is 5.75 Å². The second kappa shape index (κ2) is 11.9. The largest absolute Gasteiger partial charge is 0.479 e. The van der Waals surface area contributed by atoms with E-state index in [1.54, 1.807) is 18.2 Å². The number of aliphatic carboxylic acids is 1. The summed E-state index contributed by atoms with van der Waals surface area (Å²) >= 11 is 0. The minimum atomic E-state index is -1.47. The molecule has 35 heavy (non-hydrogen) atoms. The first-order valence-corrected chi connectivity index (χ1v) is 11.1. The molecule has 4 atom stereocenters. The smallest absolute Gasteiger partial charge is 0.333 e. The zero-order chi connectivity index (χ0) is 25.5. The second-order valence-corrected chi connectivity index (χ2v) is 8.25. The van der Waals surface area contributed by atoms with Crippen molar-refractivity contribution in [3.05, 3.63) is 41.5 Å². The number of imide groups is 1. The van der Waals surface area contributed by atoms with Gasteiger partial charge in [-0.2, -0.15) is 0 Å². The third-order valence-electron chi connectivity index (χ3n) is 5.66. The van der Waals surface area contributed by atoms with E-state index in [2.05, 4.69) is 5.32 Å². The molecule has 12 heteroatoms. The van der Waals surface area contributed by atoms with Crippen LogP contribution in [0.1, 0.15) is 30.4 Å². The topological polar surface area (TPSA) is 183 Å². The number of amides is 3. The Morgan fingerprint density at radius 2 is 1.86 bits per heavy atom. The van der Waals surface area contributed by atoms with E-state index in [-0.39, 0.29) is 25.3 Å². The number of aliphatic hydroxyl groups is 3. The minimum Gasteiger partial charge on any atom is -0.479 e. The molecule has 1 saturated heterocycles. The third-order valence-corrected chi connectivity index (χ3v) is 5.66.